The molecule has 1 aliphatic rings. The minimum Gasteiger partial charge on any atom is -0.393 e. The molecule has 1 fully saturated rings. The normalized spacial score (nSPS) is 17.9. The Morgan fingerprint density at radius 1 is 1.57 bits per heavy atom. The molecule has 0 aromatic rings. The Morgan fingerprint density at radius 3 is 2.64 bits per heavy atom. The van der Waals surface area contributed by atoms with E-state index in [4.69, 9.17) is 27.4 Å². The fourth-order valence-corrected chi connectivity index (χ4v) is 1.30. The van der Waals surface area contributed by atoms with E-state index in [1.165, 1.54) is 0 Å². The van der Waals surface area contributed by atoms with Crippen LogP contribution in [0.2, 0.25) is 0 Å². The Balaban J connectivity index is 2.04. The number of ether oxygens (including phenoxy) is 2. The lowest BCUT2D eigenvalue weighted by Gasteiger charge is -2.27. The molecule has 1 rings (SSSR count). The van der Waals surface area contributed by atoms with Crippen LogP contribution in [0.15, 0.2) is 0 Å². The Kier molecular flexibility index (Phi) is 4.29. The highest BCUT2D eigenvalue weighted by Gasteiger charge is 2.22. The van der Waals surface area contributed by atoms with Crippen molar-refractivity contribution in [3.05, 3.63) is 0 Å². The van der Waals surface area contributed by atoms with Crippen molar-refractivity contribution in [1.29, 1.82) is 0 Å². The summed E-state index contributed by atoms with van der Waals surface area (Å²) in [5, 5.41) is 0. The second-order valence-corrected chi connectivity index (χ2v) is 4.82. The Hall–Kier alpha value is -0.190. The van der Waals surface area contributed by atoms with Crippen LogP contribution in [0.1, 0.15) is 26.7 Å². The van der Waals surface area contributed by atoms with Gasteiger partial charge in [-0.2, -0.15) is 0 Å². The zero-order valence-electron chi connectivity index (χ0n) is 8.91. The number of thiocarbonyl (C=S) groups is 1. The molecule has 0 amide bonds. The van der Waals surface area contributed by atoms with Crippen molar-refractivity contribution >= 4 is 17.2 Å². The summed E-state index contributed by atoms with van der Waals surface area (Å²) in [6.45, 7) is 6.42. The molecular weight excluding hydrogens is 198 g/mol. The smallest absolute Gasteiger partial charge is 0.104 e. The summed E-state index contributed by atoms with van der Waals surface area (Å²) in [7, 11) is 0. The van der Waals surface area contributed by atoms with Gasteiger partial charge in [-0.15, -0.1) is 0 Å². The Morgan fingerprint density at radius 2 is 2.21 bits per heavy atom. The van der Waals surface area contributed by atoms with Crippen LogP contribution in [0, 0.1) is 5.41 Å². The van der Waals surface area contributed by atoms with Crippen molar-refractivity contribution < 1.29 is 9.47 Å². The molecule has 4 heteroatoms. The third kappa shape index (κ3) is 3.52. The fourth-order valence-electron chi connectivity index (χ4n) is 1.20. The molecule has 1 saturated heterocycles. The van der Waals surface area contributed by atoms with Crippen LogP contribution in [0.3, 0.4) is 0 Å². The maximum absolute atomic E-state index is 5.62. The van der Waals surface area contributed by atoms with E-state index in [2.05, 4.69) is 13.8 Å². The number of nitrogens with two attached hydrogens (primary N) is 1. The summed E-state index contributed by atoms with van der Waals surface area (Å²) in [5.74, 6) is 0. The highest BCUT2D eigenvalue weighted by atomic mass is 32.1. The number of hydrogen-bond acceptors (Lipinski definition) is 3. The van der Waals surface area contributed by atoms with Crippen molar-refractivity contribution in [2.45, 2.75) is 32.8 Å². The first-order valence-electron chi connectivity index (χ1n) is 5.01. The molecule has 0 radical (unpaired) electrons. The van der Waals surface area contributed by atoms with Gasteiger partial charge in [-0.05, 0) is 12.8 Å². The zero-order valence-corrected chi connectivity index (χ0v) is 9.73. The molecule has 0 atom stereocenters. The van der Waals surface area contributed by atoms with Gasteiger partial charge in [0.15, 0.2) is 0 Å². The first-order valence-corrected chi connectivity index (χ1v) is 5.42. The van der Waals surface area contributed by atoms with Gasteiger partial charge in [0.05, 0.1) is 18.2 Å². The van der Waals surface area contributed by atoms with Gasteiger partial charge in [-0.25, -0.2) is 0 Å². The highest BCUT2D eigenvalue weighted by molar-refractivity contribution is 7.80. The first-order chi connectivity index (χ1) is 6.52. The molecule has 0 aliphatic carbocycles. The third-order valence-corrected chi connectivity index (χ3v) is 3.13. The predicted molar refractivity (Wildman–Crippen MR) is 60.4 cm³/mol. The second-order valence-electron chi connectivity index (χ2n) is 4.38. The van der Waals surface area contributed by atoms with Crippen LogP contribution in [-0.2, 0) is 9.47 Å². The maximum Gasteiger partial charge on any atom is 0.104 e. The van der Waals surface area contributed by atoms with Gasteiger partial charge in [0, 0.05) is 12.0 Å². The average Bonchev–Trinajstić information content (AvgIpc) is 2.00. The minimum absolute atomic E-state index is 0.0468. The summed E-state index contributed by atoms with van der Waals surface area (Å²) < 4.78 is 10.5. The van der Waals surface area contributed by atoms with E-state index in [0.717, 1.165) is 32.7 Å². The van der Waals surface area contributed by atoms with Crippen LogP contribution in [0.4, 0.5) is 0 Å². The van der Waals surface area contributed by atoms with Crippen LogP contribution >= 0.6 is 12.2 Å². The highest BCUT2D eigenvalue weighted by Crippen LogP contribution is 2.22. The molecule has 2 N–H and O–H groups in total. The number of rotatable bonds is 6. The van der Waals surface area contributed by atoms with E-state index in [-0.39, 0.29) is 5.41 Å². The average molecular weight is 217 g/mol. The van der Waals surface area contributed by atoms with Crippen LogP contribution in [0.5, 0.6) is 0 Å². The van der Waals surface area contributed by atoms with Gasteiger partial charge in [0.1, 0.15) is 6.10 Å². The largest absolute Gasteiger partial charge is 0.393 e. The topological polar surface area (TPSA) is 44.5 Å². The summed E-state index contributed by atoms with van der Waals surface area (Å²) in [4.78, 5) is 0.587. The molecule has 3 nitrogen and oxygen atoms in total. The van der Waals surface area contributed by atoms with E-state index in [1.54, 1.807) is 0 Å². The molecule has 0 saturated carbocycles. The second kappa shape index (κ2) is 5.05. The van der Waals surface area contributed by atoms with Gasteiger partial charge in [-0.1, -0.05) is 26.1 Å². The minimum atomic E-state index is -0.0468. The monoisotopic (exact) mass is 217 g/mol. The van der Waals surface area contributed by atoms with Gasteiger partial charge < -0.3 is 15.2 Å². The van der Waals surface area contributed by atoms with Crippen LogP contribution in [0.25, 0.3) is 0 Å². The molecule has 82 valence electrons. The van der Waals surface area contributed by atoms with Crippen molar-refractivity contribution in [1.82, 2.24) is 0 Å². The number of hydrogen-bond donors (Lipinski definition) is 1. The van der Waals surface area contributed by atoms with E-state index in [9.17, 15) is 0 Å². The molecule has 1 aliphatic heterocycles. The lowest BCUT2D eigenvalue weighted by Crippen LogP contribution is -2.36. The SMILES string of the molecule is CC(C)(CCCOC1COC1)C(N)=S. The first kappa shape index (κ1) is 11.9. The van der Waals surface area contributed by atoms with Crippen molar-refractivity contribution in [2.75, 3.05) is 19.8 Å². The third-order valence-electron chi connectivity index (χ3n) is 2.57. The zero-order chi connectivity index (χ0) is 10.6. The molecule has 0 spiro atoms. The maximum atomic E-state index is 5.62. The molecule has 0 aromatic heterocycles. The predicted octanol–water partition coefficient (Wildman–Crippen LogP) is 1.49. The van der Waals surface area contributed by atoms with Crippen LogP contribution in [-0.4, -0.2) is 30.9 Å². The standard InChI is InChI=1S/C10H19NO2S/c1-10(2,9(11)14)4-3-5-13-8-6-12-7-8/h8H,3-7H2,1-2H3,(H2,11,14). The lowest BCUT2D eigenvalue weighted by atomic mass is 9.88. The summed E-state index contributed by atoms with van der Waals surface area (Å²) in [6, 6.07) is 0. The summed E-state index contributed by atoms with van der Waals surface area (Å²) in [6.07, 6.45) is 2.31. The molecular formula is C10H19NO2S. The van der Waals surface area contributed by atoms with Gasteiger partial charge in [0.2, 0.25) is 0 Å². The Bertz CT molecular complexity index is 202. The van der Waals surface area contributed by atoms with Crippen LogP contribution < -0.4 is 5.73 Å². The van der Waals surface area contributed by atoms with Gasteiger partial charge in [-0.3, -0.25) is 0 Å². The van der Waals surface area contributed by atoms with Crippen molar-refractivity contribution in [3.63, 3.8) is 0 Å². The molecule has 1 heterocycles. The van der Waals surface area contributed by atoms with E-state index < -0.39 is 0 Å². The summed E-state index contributed by atoms with van der Waals surface area (Å²) in [5.41, 5.74) is 5.57. The van der Waals surface area contributed by atoms with Crippen molar-refractivity contribution in [3.8, 4) is 0 Å². The molecule has 0 unspecified atom stereocenters. The molecule has 14 heavy (non-hydrogen) atoms. The van der Waals surface area contributed by atoms with E-state index >= 15 is 0 Å². The van der Waals surface area contributed by atoms with E-state index in [0.29, 0.717) is 11.1 Å². The van der Waals surface area contributed by atoms with Crippen molar-refractivity contribution in [2.24, 2.45) is 11.1 Å². The van der Waals surface area contributed by atoms with E-state index in [1.807, 2.05) is 0 Å². The Labute approximate surface area is 90.9 Å². The van der Waals surface area contributed by atoms with Gasteiger partial charge >= 0.3 is 0 Å². The summed E-state index contributed by atoms with van der Waals surface area (Å²) >= 11 is 4.98. The fraction of sp³-hybridized carbons (Fsp3) is 0.900. The van der Waals surface area contributed by atoms with Gasteiger partial charge in [0.25, 0.3) is 0 Å². The molecule has 0 aromatic carbocycles. The molecule has 0 bridgehead atoms. The quantitative estimate of drug-likeness (QED) is 0.541. The lowest BCUT2D eigenvalue weighted by molar-refractivity contribution is -0.130.